The second kappa shape index (κ2) is 8.79. The molecule has 0 aliphatic heterocycles. The highest BCUT2D eigenvalue weighted by Gasteiger charge is 2.04. The van der Waals surface area contributed by atoms with Gasteiger partial charge in [-0.25, -0.2) is 0 Å². The molecule has 0 heterocycles. The molecule has 0 bridgehead atoms. The van der Waals surface area contributed by atoms with E-state index in [9.17, 15) is 9.59 Å². The van der Waals surface area contributed by atoms with Crippen LogP contribution in [-0.2, 0) is 9.59 Å². The Kier molecular flexibility index (Phi) is 7.01. The Morgan fingerprint density at radius 1 is 1.29 bits per heavy atom. The number of nitrogens with one attached hydrogen (secondary N) is 2. The van der Waals surface area contributed by atoms with Crippen LogP contribution in [0.15, 0.2) is 30.3 Å². The monoisotopic (exact) mass is 290 g/mol. The summed E-state index contributed by atoms with van der Waals surface area (Å²) >= 11 is 0. The third-order valence-electron chi connectivity index (χ3n) is 2.51. The fraction of sp³-hybridized carbons (Fsp3) is 0.375. The molecule has 5 nitrogen and oxygen atoms in total. The number of hydrogen-bond donors (Lipinski definition) is 2. The van der Waals surface area contributed by atoms with E-state index in [2.05, 4.69) is 10.6 Å². The summed E-state index contributed by atoms with van der Waals surface area (Å²) in [6.45, 7) is 6.16. The summed E-state index contributed by atoms with van der Waals surface area (Å²) in [6, 6.07) is 7.51. The Hall–Kier alpha value is -2.30. The molecule has 2 N–H and O–H groups in total. The van der Waals surface area contributed by atoms with Crippen molar-refractivity contribution in [1.29, 1.82) is 0 Å². The summed E-state index contributed by atoms with van der Waals surface area (Å²) in [4.78, 5) is 23.1. The summed E-state index contributed by atoms with van der Waals surface area (Å²) in [6.07, 6.45) is 3.06. The van der Waals surface area contributed by atoms with E-state index in [-0.39, 0.29) is 24.4 Å². The van der Waals surface area contributed by atoms with Crippen molar-refractivity contribution in [3.8, 4) is 5.75 Å². The normalized spacial score (nSPS) is 10.7. The molecular weight excluding hydrogens is 268 g/mol. The van der Waals surface area contributed by atoms with Crippen LogP contribution in [0.2, 0.25) is 0 Å². The fourth-order valence-corrected chi connectivity index (χ4v) is 1.67. The van der Waals surface area contributed by atoms with Crippen molar-refractivity contribution >= 4 is 17.9 Å². The lowest BCUT2D eigenvalue weighted by atomic mass is 10.2. The smallest absolute Gasteiger partial charge is 0.244 e. The Labute approximate surface area is 125 Å². The van der Waals surface area contributed by atoms with Gasteiger partial charge < -0.3 is 15.4 Å². The predicted octanol–water partition coefficient (Wildman–Crippen LogP) is 1.74. The molecule has 1 aromatic carbocycles. The standard InChI is InChI=1S/C16H22N2O3/c1-4-21-14-8-6-5-7-13(14)9-10-15(19)17-11-16(20)18-12(2)3/h5-10,12H,4,11H2,1-3H3,(H,17,19)(H,18,20)/b10-9+. The fourth-order valence-electron chi connectivity index (χ4n) is 1.67. The van der Waals surface area contributed by atoms with Gasteiger partial charge in [-0.1, -0.05) is 18.2 Å². The number of para-hydroxylation sites is 1. The Balaban J connectivity index is 2.52. The first kappa shape index (κ1) is 16.8. The van der Waals surface area contributed by atoms with E-state index in [0.29, 0.717) is 6.61 Å². The molecule has 21 heavy (non-hydrogen) atoms. The van der Waals surface area contributed by atoms with Crippen LogP contribution < -0.4 is 15.4 Å². The van der Waals surface area contributed by atoms with Crippen molar-refractivity contribution in [2.24, 2.45) is 0 Å². The molecule has 0 fully saturated rings. The van der Waals surface area contributed by atoms with Gasteiger partial charge in [-0.2, -0.15) is 0 Å². The van der Waals surface area contributed by atoms with E-state index in [1.807, 2.05) is 45.0 Å². The number of hydrogen-bond acceptors (Lipinski definition) is 3. The second-order valence-electron chi connectivity index (χ2n) is 4.74. The van der Waals surface area contributed by atoms with Gasteiger partial charge in [-0.05, 0) is 32.9 Å². The third-order valence-corrected chi connectivity index (χ3v) is 2.51. The summed E-state index contributed by atoms with van der Waals surface area (Å²) in [7, 11) is 0. The van der Waals surface area contributed by atoms with E-state index in [4.69, 9.17) is 4.74 Å². The van der Waals surface area contributed by atoms with E-state index in [1.54, 1.807) is 6.08 Å². The van der Waals surface area contributed by atoms with Crippen molar-refractivity contribution < 1.29 is 14.3 Å². The molecule has 0 aromatic heterocycles. The van der Waals surface area contributed by atoms with E-state index < -0.39 is 0 Å². The highest BCUT2D eigenvalue weighted by molar-refractivity contribution is 5.94. The maximum Gasteiger partial charge on any atom is 0.244 e. The van der Waals surface area contributed by atoms with Crippen molar-refractivity contribution in [3.63, 3.8) is 0 Å². The second-order valence-corrected chi connectivity index (χ2v) is 4.74. The van der Waals surface area contributed by atoms with E-state index >= 15 is 0 Å². The SMILES string of the molecule is CCOc1ccccc1/C=C/C(=O)NCC(=O)NC(C)C. The molecule has 0 saturated carbocycles. The Morgan fingerprint density at radius 2 is 2.00 bits per heavy atom. The number of rotatable bonds is 7. The van der Waals surface area contributed by atoms with Gasteiger partial charge in [0.25, 0.3) is 0 Å². The third kappa shape index (κ3) is 6.61. The zero-order chi connectivity index (χ0) is 15.7. The lowest BCUT2D eigenvalue weighted by Gasteiger charge is -2.08. The summed E-state index contributed by atoms with van der Waals surface area (Å²) in [5, 5.41) is 5.23. The predicted molar refractivity (Wildman–Crippen MR) is 82.9 cm³/mol. The molecule has 0 radical (unpaired) electrons. The molecule has 0 aliphatic carbocycles. The van der Waals surface area contributed by atoms with Crippen LogP contribution in [0.25, 0.3) is 6.08 Å². The van der Waals surface area contributed by atoms with Crippen LogP contribution in [0.5, 0.6) is 5.75 Å². The number of benzene rings is 1. The Bertz CT molecular complexity index is 510. The van der Waals surface area contributed by atoms with Crippen molar-refractivity contribution in [2.45, 2.75) is 26.8 Å². The van der Waals surface area contributed by atoms with Gasteiger partial charge in [-0.3, -0.25) is 9.59 Å². The summed E-state index contributed by atoms with van der Waals surface area (Å²) in [5.74, 6) is 0.197. The van der Waals surface area contributed by atoms with Crippen molar-refractivity contribution in [1.82, 2.24) is 10.6 Å². The molecule has 1 aromatic rings. The molecule has 1 rings (SSSR count). The topological polar surface area (TPSA) is 67.4 Å². The number of amides is 2. The maximum absolute atomic E-state index is 11.7. The highest BCUT2D eigenvalue weighted by Crippen LogP contribution is 2.19. The number of carbonyl (C=O) groups is 2. The average Bonchev–Trinajstić information content (AvgIpc) is 2.44. The van der Waals surface area contributed by atoms with Crippen molar-refractivity contribution in [3.05, 3.63) is 35.9 Å². The van der Waals surface area contributed by atoms with Crippen LogP contribution in [0.4, 0.5) is 0 Å². The number of ether oxygens (including phenoxy) is 1. The molecule has 0 spiro atoms. The van der Waals surface area contributed by atoms with Crippen molar-refractivity contribution in [2.75, 3.05) is 13.2 Å². The van der Waals surface area contributed by atoms with Crippen LogP contribution in [-0.4, -0.2) is 31.0 Å². The van der Waals surface area contributed by atoms with Crippen LogP contribution in [0.3, 0.4) is 0 Å². The minimum absolute atomic E-state index is 0.0333. The average molecular weight is 290 g/mol. The molecule has 0 aliphatic rings. The minimum atomic E-state index is -0.319. The molecule has 114 valence electrons. The van der Waals surface area contributed by atoms with Gasteiger partial charge in [0.1, 0.15) is 5.75 Å². The Morgan fingerprint density at radius 3 is 2.67 bits per heavy atom. The lowest BCUT2D eigenvalue weighted by molar-refractivity contribution is -0.124. The molecule has 5 heteroatoms. The van der Waals surface area contributed by atoms with Gasteiger partial charge >= 0.3 is 0 Å². The van der Waals surface area contributed by atoms with Crippen LogP contribution in [0, 0.1) is 0 Å². The van der Waals surface area contributed by atoms with Gasteiger partial charge in [0.05, 0.1) is 13.2 Å². The van der Waals surface area contributed by atoms with E-state index in [0.717, 1.165) is 11.3 Å². The van der Waals surface area contributed by atoms with Gasteiger partial charge in [0, 0.05) is 17.7 Å². The van der Waals surface area contributed by atoms with Gasteiger partial charge in [-0.15, -0.1) is 0 Å². The molecule has 0 saturated heterocycles. The molecule has 0 atom stereocenters. The quantitative estimate of drug-likeness (QED) is 0.752. The number of carbonyl (C=O) groups excluding carboxylic acids is 2. The van der Waals surface area contributed by atoms with Gasteiger partial charge in [0.15, 0.2) is 0 Å². The zero-order valence-electron chi connectivity index (χ0n) is 12.7. The lowest BCUT2D eigenvalue weighted by Crippen LogP contribution is -2.39. The zero-order valence-corrected chi connectivity index (χ0v) is 12.7. The largest absolute Gasteiger partial charge is 0.493 e. The minimum Gasteiger partial charge on any atom is -0.493 e. The first-order valence-corrected chi connectivity index (χ1v) is 7.00. The van der Waals surface area contributed by atoms with Crippen LogP contribution in [0.1, 0.15) is 26.3 Å². The van der Waals surface area contributed by atoms with Gasteiger partial charge in [0.2, 0.25) is 11.8 Å². The molecule has 2 amide bonds. The van der Waals surface area contributed by atoms with E-state index in [1.165, 1.54) is 6.08 Å². The first-order valence-electron chi connectivity index (χ1n) is 7.00. The molecule has 0 unspecified atom stereocenters. The summed E-state index contributed by atoms with van der Waals surface area (Å²) < 4.78 is 5.46. The highest BCUT2D eigenvalue weighted by atomic mass is 16.5. The maximum atomic E-state index is 11.7. The molecular formula is C16H22N2O3. The van der Waals surface area contributed by atoms with Crippen LogP contribution >= 0.6 is 0 Å². The summed E-state index contributed by atoms with van der Waals surface area (Å²) in [5.41, 5.74) is 0.820. The first-order chi connectivity index (χ1) is 10.0.